The second-order valence-corrected chi connectivity index (χ2v) is 5.15. The summed E-state index contributed by atoms with van der Waals surface area (Å²) in [5.74, 6) is 0.855. The fourth-order valence-corrected chi connectivity index (χ4v) is 2.45. The van der Waals surface area contributed by atoms with Crippen molar-refractivity contribution in [3.63, 3.8) is 0 Å². The Morgan fingerprint density at radius 3 is 2.89 bits per heavy atom. The van der Waals surface area contributed by atoms with Crippen molar-refractivity contribution >= 4 is 11.6 Å². The number of nitrogens with one attached hydrogen (secondary N) is 2. The van der Waals surface area contributed by atoms with Crippen molar-refractivity contribution in [1.82, 2.24) is 5.32 Å². The third-order valence-corrected chi connectivity index (χ3v) is 3.54. The van der Waals surface area contributed by atoms with Gasteiger partial charge in [0, 0.05) is 12.1 Å². The Hall–Kier alpha value is -1.35. The molecule has 18 heavy (non-hydrogen) atoms. The molecule has 3 heteroatoms. The van der Waals surface area contributed by atoms with Crippen LogP contribution in [0.2, 0.25) is 0 Å². The molecular formula is C15H22N2O. The highest BCUT2D eigenvalue weighted by molar-refractivity contribution is 5.90. The summed E-state index contributed by atoms with van der Waals surface area (Å²) >= 11 is 0. The molecule has 1 aromatic carbocycles. The molecule has 98 valence electrons. The monoisotopic (exact) mass is 246 g/mol. The molecule has 0 aliphatic carbocycles. The second-order valence-electron chi connectivity index (χ2n) is 5.15. The Bertz CT molecular complexity index is 397. The maximum atomic E-state index is 11.8. The minimum atomic E-state index is 0.138. The van der Waals surface area contributed by atoms with Crippen LogP contribution >= 0.6 is 0 Å². The van der Waals surface area contributed by atoms with Crippen LogP contribution in [0.25, 0.3) is 0 Å². The zero-order valence-corrected chi connectivity index (χ0v) is 11.0. The molecule has 0 unspecified atom stereocenters. The maximum absolute atomic E-state index is 11.8. The van der Waals surface area contributed by atoms with E-state index in [9.17, 15) is 4.79 Å². The average molecular weight is 246 g/mol. The van der Waals surface area contributed by atoms with Crippen LogP contribution in [0.4, 0.5) is 5.69 Å². The van der Waals surface area contributed by atoms with E-state index in [-0.39, 0.29) is 5.91 Å². The highest BCUT2D eigenvalue weighted by Gasteiger charge is 2.14. The summed E-state index contributed by atoms with van der Waals surface area (Å²) in [6.45, 7) is 4.24. The lowest BCUT2D eigenvalue weighted by Crippen LogP contribution is -2.28. The number of anilines is 1. The van der Waals surface area contributed by atoms with Crippen LogP contribution in [0.3, 0.4) is 0 Å². The molecule has 3 nitrogen and oxygen atoms in total. The number of benzene rings is 1. The lowest BCUT2D eigenvalue weighted by atomic mass is 9.93. The summed E-state index contributed by atoms with van der Waals surface area (Å²) in [4.78, 5) is 11.8. The van der Waals surface area contributed by atoms with Gasteiger partial charge in [0.25, 0.3) is 0 Å². The third-order valence-electron chi connectivity index (χ3n) is 3.54. The van der Waals surface area contributed by atoms with Crippen LogP contribution in [-0.4, -0.2) is 19.0 Å². The first-order valence-electron chi connectivity index (χ1n) is 6.81. The van der Waals surface area contributed by atoms with Gasteiger partial charge in [-0.3, -0.25) is 4.79 Å². The van der Waals surface area contributed by atoms with Gasteiger partial charge in [0.2, 0.25) is 5.91 Å². The standard InChI is InChI=1S/C15H22N2O/c1-12-3-2-4-14(11-12)17-15(18)6-5-13-7-9-16-10-8-13/h2-4,11,13,16H,5-10H2,1H3,(H,17,18). The van der Waals surface area contributed by atoms with E-state index in [0.717, 1.165) is 31.1 Å². The van der Waals surface area contributed by atoms with E-state index in [1.54, 1.807) is 0 Å². The van der Waals surface area contributed by atoms with Gasteiger partial charge < -0.3 is 10.6 Å². The number of rotatable bonds is 4. The molecule has 0 atom stereocenters. The maximum Gasteiger partial charge on any atom is 0.224 e. The fourth-order valence-electron chi connectivity index (χ4n) is 2.45. The van der Waals surface area contributed by atoms with Crippen molar-refractivity contribution in [2.45, 2.75) is 32.6 Å². The van der Waals surface area contributed by atoms with Gasteiger partial charge >= 0.3 is 0 Å². The first-order valence-corrected chi connectivity index (χ1v) is 6.81. The SMILES string of the molecule is Cc1cccc(NC(=O)CCC2CCNCC2)c1. The van der Waals surface area contributed by atoms with Crippen molar-refractivity contribution in [3.8, 4) is 0 Å². The largest absolute Gasteiger partial charge is 0.326 e. The first-order chi connectivity index (χ1) is 8.74. The third kappa shape index (κ3) is 4.15. The lowest BCUT2D eigenvalue weighted by molar-refractivity contribution is -0.116. The fraction of sp³-hybridized carbons (Fsp3) is 0.533. The molecule has 0 spiro atoms. The normalized spacial score (nSPS) is 16.5. The summed E-state index contributed by atoms with van der Waals surface area (Å²) < 4.78 is 0. The summed E-state index contributed by atoms with van der Waals surface area (Å²) in [7, 11) is 0. The molecule has 1 fully saturated rings. The summed E-state index contributed by atoms with van der Waals surface area (Å²) in [5, 5.41) is 6.32. The molecule has 0 aromatic heterocycles. The number of hydrogen-bond acceptors (Lipinski definition) is 2. The first kappa shape index (κ1) is 13.1. The van der Waals surface area contributed by atoms with Crippen molar-refractivity contribution < 1.29 is 4.79 Å². The molecule has 0 bridgehead atoms. The van der Waals surface area contributed by atoms with Gasteiger partial charge in [-0.1, -0.05) is 12.1 Å². The van der Waals surface area contributed by atoms with E-state index in [1.807, 2.05) is 31.2 Å². The van der Waals surface area contributed by atoms with Gasteiger partial charge in [0.1, 0.15) is 0 Å². The van der Waals surface area contributed by atoms with Crippen LogP contribution in [0.5, 0.6) is 0 Å². The van der Waals surface area contributed by atoms with Gasteiger partial charge in [-0.2, -0.15) is 0 Å². The number of carbonyl (C=O) groups excluding carboxylic acids is 1. The summed E-state index contributed by atoms with van der Waals surface area (Å²) in [6.07, 6.45) is 4.06. The molecule has 2 N–H and O–H groups in total. The Morgan fingerprint density at radius 2 is 2.17 bits per heavy atom. The van der Waals surface area contributed by atoms with Crippen molar-refractivity contribution in [3.05, 3.63) is 29.8 Å². The molecule has 1 amide bonds. The van der Waals surface area contributed by atoms with Crippen molar-refractivity contribution in [2.75, 3.05) is 18.4 Å². The Kier molecular flexibility index (Phi) is 4.76. The van der Waals surface area contributed by atoms with Gasteiger partial charge in [-0.25, -0.2) is 0 Å². The molecule has 1 aromatic rings. The lowest BCUT2D eigenvalue weighted by Gasteiger charge is -2.22. The minimum Gasteiger partial charge on any atom is -0.326 e. The van der Waals surface area contributed by atoms with Crippen LogP contribution in [0.15, 0.2) is 24.3 Å². The molecule has 2 rings (SSSR count). The predicted molar refractivity (Wildman–Crippen MR) is 74.6 cm³/mol. The van der Waals surface area contributed by atoms with E-state index in [0.29, 0.717) is 6.42 Å². The zero-order chi connectivity index (χ0) is 12.8. The van der Waals surface area contributed by atoms with Crippen molar-refractivity contribution in [2.24, 2.45) is 5.92 Å². The minimum absolute atomic E-state index is 0.138. The topological polar surface area (TPSA) is 41.1 Å². The summed E-state index contributed by atoms with van der Waals surface area (Å²) in [5.41, 5.74) is 2.08. The highest BCUT2D eigenvalue weighted by Crippen LogP contribution is 2.18. The van der Waals surface area contributed by atoms with E-state index in [2.05, 4.69) is 10.6 Å². The van der Waals surface area contributed by atoms with Gasteiger partial charge in [-0.15, -0.1) is 0 Å². The Morgan fingerprint density at radius 1 is 1.39 bits per heavy atom. The van der Waals surface area contributed by atoms with Gasteiger partial charge in [0.15, 0.2) is 0 Å². The van der Waals surface area contributed by atoms with Crippen LogP contribution in [-0.2, 0) is 4.79 Å². The average Bonchev–Trinajstić information content (AvgIpc) is 2.38. The van der Waals surface area contributed by atoms with Crippen LogP contribution < -0.4 is 10.6 Å². The molecule has 1 heterocycles. The molecule has 1 aliphatic rings. The van der Waals surface area contributed by atoms with E-state index in [4.69, 9.17) is 0 Å². The summed E-state index contributed by atoms with van der Waals surface area (Å²) in [6, 6.07) is 7.94. The van der Waals surface area contributed by atoms with Gasteiger partial charge in [0.05, 0.1) is 0 Å². The number of piperidine rings is 1. The molecule has 0 radical (unpaired) electrons. The Balaban J connectivity index is 1.74. The zero-order valence-electron chi connectivity index (χ0n) is 11.0. The van der Waals surface area contributed by atoms with E-state index < -0.39 is 0 Å². The van der Waals surface area contributed by atoms with Crippen molar-refractivity contribution in [1.29, 1.82) is 0 Å². The predicted octanol–water partition coefficient (Wildman–Crippen LogP) is 2.71. The smallest absolute Gasteiger partial charge is 0.224 e. The van der Waals surface area contributed by atoms with E-state index in [1.165, 1.54) is 18.4 Å². The molecule has 1 aliphatic heterocycles. The van der Waals surface area contributed by atoms with E-state index >= 15 is 0 Å². The van der Waals surface area contributed by atoms with Gasteiger partial charge in [-0.05, 0) is 62.9 Å². The number of hydrogen-bond donors (Lipinski definition) is 2. The van der Waals surface area contributed by atoms with Crippen LogP contribution in [0, 0.1) is 12.8 Å². The quantitative estimate of drug-likeness (QED) is 0.857. The molecular weight excluding hydrogens is 224 g/mol. The highest BCUT2D eigenvalue weighted by atomic mass is 16.1. The molecule has 1 saturated heterocycles. The molecule has 0 saturated carbocycles. The van der Waals surface area contributed by atoms with Crippen LogP contribution in [0.1, 0.15) is 31.2 Å². The Labute approximate surface area is 109 Å². The number of amides is 1. The number of carbonyl (C=O) groups is 1. The second kappa shape index (κ2) is 6.55. The number of aryl methyl sites for hydroxylation is 1.